The van der Waals surface area contributed by atoms with Gasteiger partial charge in [-0.25, -0.2) is 4.79 Å². The molecule has 0 aromatic carbocycles. The minimum Gasteiger partial charge on any atom is -0.481 e. The fourth-order valence-electron chi connectivity index (χ4n) is 2.48. The first-order chi connectivity index (χ1) is 10.6. The Balaban J connectivity index is 3.48. The molecule has 0 heterocycles. The largest absolute Gasteiger partial charge is 0.481 e. The van der Waals surface area contributed by atoms with Gasteiger partial charge >= 0.3 is 11.9 Å². The fourth-order valence-corrected chi connectivity index (χ4v) is 2.48. The number of unbranched alkanes of at least 4 members (excludes halogenated alkanes) is 11. The highest BCUT2D eigenvalue weighted by Crippen LogP contribution is 2.13. The van der Waals surface area contributed by atoms with Crippen LogP contribution in [0.4, 0.5) is 0 Å². The first-order valence-electron chi connectivity index (χ1n) is 8.72. The van der Waals surface area contributed by atoms with E-state index < -0.39 is 18.4 Å². The van der Waals surface area contributed by atoms with Crippen LogP contribution in [-0.2, 0) is 9.59 Å². The Kier molecular flexibility index (Phi) is 13.7. The van der Waals surface area contributed by atoms with E-state index in [1.165, 1.54) is 57.8 Å². The molecule has 4 heteroatoms. The van der Waals surface area contributed by atoms with Crippen LogP contribution in [0.3, 0.4) is 0 Å². The summed E-state index contributed by atoms with van der Waals surface area (Å²) in [4.78, 5) is 21.4. The lowest BCUT2D eigenvalue weighted by Crippen LogP contribution is -2.06. The van der Waals surface area contributed by atoms with Crippen LogP contribution < -0.4 is 0 Å². The summed E-state index contributed by atoms with van der Waals surface area (Å²) < 4.78 is 0. The van der Waals surface area contributed by atoms with Gasteiger partial charge in [0.05, 0.1) is 6.42 Å². The molecule has 0 aromatic rings. The molecule has 0 atom stereocenters. The second-order valence-corrected chi connectivity index (χ2v) is 5.93. The zero-order valence-corrected chi connectivity index (χ0v) is 14.0. The van der Waals surface area contributed by atoms with Crippen LogP contribution in [-0.4, -0.2) is 22.2 Å². The van der Waals surface area contributed by atoms with Gasteiger partial charge in [0.15, 0.2) is 0 Å². The number of rotatable bonds is 15. The zero-order valence-electron chi connectivity index (χ0n) is 14.0. The summed E-state index contributed by atoms with van der Waals surface area (Å²) in [7, 11) is 0. The number of allylic oxidation sites excluding steroid dienone is 1. The molecule has 0 unspecified atom stereocenters. The monoisotopic (exact) mass is 312 g/mol. The summed E-state index contributed by atoms with van der Waals surface area (Å²) in [6.45, 7) is 2.23. The molecule has 0 amide bonds. The lowest BCUT2D eigenvalue weighted by molar-refractivity contribution is -0.139. The Bertz CT molecular complexity index is 334. The number of carbonyl (C=O) groups is 2. The van der Waals surface area contributed by atoms with E-state index in [1.54, 1.807) is 6.08 Å². The first-order valence-corrected chi connectivity index (χ1v) is 8.72. The molecular formula is C18H32O4. The lowest BCUT2D eigenvalue weighted by atomic mass is 10.0. The number of aliphatic carboxylic acids is 2. The van der Waals surface area contributed by atoms with Crippen molar-refractivity contribution >= 4 is 11.9 Å². The van der Waals surface area contributed by atoms with Crippen molar-refractivity contribution in [2.75, 3.05) is 0 Å². The van der Waals surface area contributed by atoms with E-state index in [-0.39, 0.29) is 5.57 Å². The molecule has 0 saturated heterocycles. The summed E-state index contributed by atoms with van der Waals surface area (Å²) in [6.07, 6.45) is 15.6. The molecule has 2 N–H and O–H groups in total. The van der Waals surface area contributed by atoms with Crippen LogP contribution in [0.15, 0.2) is 11.6 Å². The van der Waals surface area contributed by atoms with E-state index in [0.717, 1.165) is 12.8 Å². The maximum absolute atomic E-state index is 10.8. The third-order valence-corrected chi connectivity index (χ3v) is 3.81. The van der Waals surface area contributed by atoms with Gasteiger partial charge in [0, 0.05) is 5.57 Å². The Hall–Kier alpha value is -1.32. The molecule has 0 aromatic heterocycles. The van der Waals surface area contributed by atoms with Crippen LogP contribution in [0.1, 0.15) is 90.4 Å². The van der Waals surface area contributed by atoms with Gasteiger partial charge in [-0.15, -0.1) is 0 Å². The van der Waals surface area contributed by atoms with Crippen molar-refractivity contribution in [3.05, 3.63) is 11.6 Å². The number of carboxylic acids is 2. The highest BCUT2D eigenvalue weighted by molar-refractivity contribution is 5.91. The quantitative estimate of drug-likeness (QED) is 0.323. The summed E-state index contributed by atoms with van der Waals surface area (Å²) in [6, 6.07) is 0. The molecule has 0 aliphatic heterocycles. The van der Waals surface area contributed by atoms with E-state index in [2.05, 4.69) is 6.92 Å². The van der Waals surface area contributed by atoms with Crippen LogP contribution in [0, 0.1) is 0 Å². The third-order valence-electron chi connectivity index (χ3n) is 3.81. The smallest absolute Gasteiger partial charge is 0.331 e. The SMILES string of the molecule is CCCCCCCCCCCCC/C=C(\CC(=O)O)C(=O)O. The number of hydrogen-bond donors (Lipinski definition) is 2. The van der Waals surface area contributed by atoms with Gasteiger partial charge < -0.3 is 10.2 Å². The molecule has 0 radical (unpaired) electrons. The number of hydrogen-bond acceptors (Lipinski definition) is 2. The topological polar surface area (TPSA) is 74.6 Å². The summed E-state index contributed by atoms with van der Waals surface area (Å²) in [5.74, 6) is -2.21. The molecule has 4 nitrogen and oxygen atoms in total. The van der Waals surface area contributed by atoms with E-state index in [9.17, 15) is 9.59 Å². The molecule has 0 saturated carbocycles. The van der Waals surface area contributed by atoms with Gasteiger partial charge in [0.25, 0.3) is 0 Å². The summed E-state index contributed by atoms with van der Waals surface area (Å²) in [5.41, 5.74) is -0.000390. The summed E-state index contributed by atoms with van der Waals surface area (Å²) in [5, 5.41) is 17.5. The standard InChI is InChI=1S/C18H32O4/c1-2-3-4-5-6-7-8-9-10-11-12-13-14-16(18(21)22)15-17(19)20/h14H,2-13,15H2,1H3,(H,19,20)(H,21,22)/b16-14+. The summed E-state index contributed by atoms with van der Waals surface area (Å²) >= 11 is 0. The Morgan fingerprint density at radius 3 is 1.64 bits per heavy atom. The van der Waals surface area contributed by atoms with Crippen molar-refractivity contribution in [3.8, 4) is 0 Å². The molecule has 0 spiro atoms. The van der Waals surface area contributed by atoms with E-state index >= 15 is 0 Å². The van der Waals surface area contributed by atoms with Gasteiger partial charge in [-0.1, -0.05) is 77.2 Å². The molecule has 0 aliphatic rings. The van der Waals surface area contributed by atoms with Crippen molar-refractivity contribution in [3.63, 3.8) is 0 Å². The van der Waals surface area contributed by atoms with Gasteiger partial charge in [0.1, 0.15) is 0 Å². The predicted octanol–water partition coefficient (Wildman–Crippen LogP) is 5.17. The molecule has 0 fully saturated rings. The van der Waals surface area contributed by atoms with E-state index in [0.29, 0.717) is 6.42 Å². The molecule has 22 heavy (non-hydrogen) atoms. The van der Waals surface area contributed by atoms with Crippen molar-refractivity contribution in [2.45, 2.75) is 90.4 Å². The maximum atomic E-state index is 10.8. The third kappa shape index (κ3) is 13.7. The second-order valence-electron chi connectivity index (χ2n) is 5.93. The van der Waals surface area contributed by atoms with Crippen LogP contribution in [0.2, 0.25) is 0 Å². The fraction of sp³-hybridized carbons (Fsp3) is 0.778. The van der Waals surface area contributed by atoms with Gasteiger partial charge in [-0.3, -0.25) is 4.79 Å². The zero-order chi connectivity index (χ0) is 16.6. The van der Waals surface area contributed by atoms with E-state index in [4.69, 9.17) is 10.2 Å². The van der Waals surface area contributed by atoms with Crippen molar-refractivity contribution in [2.24, 2.45) is 0 Å². The Morgan fingerprint density at radius 2 is 1.23 bits per heavy atom. The van der Waals surface area contributed by atoms with Crippen LogP contribution in [0.25, 0.3) is 0 Å². The highest BCUT2D eigenvalue weighted by Gasteiger charge is 2.10. The molecule has 0 rings (SSSR count). The van der Waals surface area contributed by atoms with Crippen LogP contribution in [0.5, 0.6) is 0 Å². The van der Waals surface area contributed by atoms with Gasteiger partial charge in [-0.05, 0) is 12.8 Å². The maximum Gasteiger partial charge on any atom is 0.331 e. The van der Waals surface area contributed by atoms with Crippen LogP contribution >= 0.6 is 0 Å². The lowest BCUT2D eigenvalue weighted by Gasteiger charge is -2.02. The average Bonchev–Trinajstić information content (AvgIpc) is 2.46. The highest BCUT2D eigenvalue weighted by atomic mass is 16.4. The number of carboxylic acid groups (broad SMARTS) is 2. The average molecular weight is 312 g/mol. The molecular weight excluding hydrogens is 280 g/mol. The predicted molar refractivity (Wildman–Crippen MR) is 89.0 cm³/mol. The normalized spacial score (nSPS) is 11.6. The molecule has 128 valence electrons. The Morgan fingerprint density at radius 1 is 0.773 bits per heavy atom. The van der Waals surface area contributed by atoms with Crippen molar-refractivity contribution in [1.82, 2.24) is 0 Å². The minimum atomic E-state index is -1.12. The Labute approximate surface area is 134 Å². The van der Waals surface area contributed by atoms with Gasteiger partial charge in [0.2, 0.25) is 0 Å². The van der Waals surface area contributed by atoms with E-state index in [1.807, 2.05) is 0 Å². The molecule has 0 bridgehead atoms. The minimum absolute atomic E-state index is 0.000390. The molecule has 0 aliphatic carbocycles. The van der Waals surface area contributed by atoms with Gasteiger partial charge in [-0.2, -0.15) is 0 Å². The first kappa shape index (κ1) is 20.7. The second kappa shape index (κ2) is 14.6. The van der Waals surface area contributed by atoms with Crippen molar-refractivity contribution < 1.29 is 19.8 Å². The van der Waals surface area contributed by atoms with Crippen molar-refractivity contribution in [1.29, 1.82) is 0 Å².